The lowest BCUT2D eigenvalue weighted by Gasteiger charge is -2.19. The number of hydrogen-bond donors (Lipinski definition) is 0. The lowest BCUT2D eigenvalue weighted by atomic mass is 10.0. The summed E-state index contributed by atoms with van der Waals surface area (Å²) in [5, 5.41) is 0. The smallest absolute Gasteiger partial charge is 0.0631 e. The number of hydrogen-bond acceptors (Lipinski definition) is 1. The van der Waals surface area contributed by atoms with Gasteiger partial charge in [0.2, 0.25) is 0 Å². The average molecular weight is 235 g/mol. The fraction of sp³-hybridized carbons (Fsp3) is 1.00. The van der Waals surface area contributed by atoms with Crippen LogP contribution in [0.4, 0.5) is 0 Å². The molecule has 1 nitrogen and oxygen atoms in total. The van der Waals surface area contributed by atoms with Crippen molar-refractivity contribution in [2.75, 3.05) is 0 Å². The molecule has 1 saturated heterocycles. The third-order valence-corrected chi connectivity index (χ3v) is 2.90. The lowest BCUT2D eigenvalue weighted by Crippen LogP contribution is -2.20. The first kappa shape index (κ1) is 10.5. The van der Waals surface area contributed by atoms with Gasteiger partial charge in [0.15, 0.2) is 0 Å². The molecule has 2 atom stereocenters. The second-order valence-electron chi connectivity index (χ2n) is 4.40. The Morgan fingerprint density at radius 2 is 2.25 bits per heavy atom. The minimum atomic E-state index is 0.139. The van der Waals surface area contributed by atoms with E-state index in [4.69, 9.17) is 4.74 Å². The van der Waals surface area contributed by atoms with Crippen molar-refractivity contribution in [3.63, 3.8) is 0 Å². The van der Waals surface area contributed by atoms with E-state index in [-0.39, 0.29) is 5.60 Å². The Bertz CT molecular complexity index is 143. The van der Waals surface area contributed by atoms with E-state index in [1.54, 1.807) is 0 Å². The Labute approximate surface area is 84.0 Å². The topological polar surface area (TPSA) is 9.23 Å². The van der Waals surface area contributed by atoms with Crippen LogP contribution in [0.25, 0.3) is 0 Å². The molecule has 1 rings (SSSR count). The van der Waals surface area contributed by atoms with Crippen molar-refractivity contribution in [3.05, 3.63) is 0 Å². The zero-order valence-corrected chi connectivity index (χ0v) is 9.86. The van der Waals surface area contributed by atoms with Gasteiger partial charge in [-0.05, 0) is 39.5 Å². The Kier molecular flexibility index (Phi) is 3.59. The van der Waals surface area contributed by atoms with Crippen LogP contribution in [0, 0.1) is 0 Å². The lowest BCUT2D eigenvalue weighted by molar-refractivity contribution is -0.0187. The molecule has 0 saturated carbocycles. The van der Waals surface area contributed by atoms with Crippen molar-refractivity contribution < 1.29 is 4.74 Å². The molecule has 0 N–H and O–H groups in total. The largest absolute Gasteiger partial charge is 0.372 e. The molecule has 12 heavy (non-hydrogen) atoms. The van der Waals surface area contributed by atoms with Crippen LogP contribution in [0.15, 0.2) is 0 Å². The highest BCUT2D eigenvalue weighted by atomic mass is 79.9. The first-order valence-corrected chi connectivity index (χ1v) is 5.73. The summed E-state index contributed by atoms with van der Waals surface area (Å²) in [6.07, 6.45) is 5.40. The molecule has 1 heterocycles. The minimum absolute atomic E-state index is 0.139. The van der Waals surface area contributed by atoms with E-state index in [9.17, 15) is 0 Å². The molecule has 2 unspecified atom stereocenters. The second kappa shape index (κ2) is 4.10. The molecule has 72 valence electrons. The fourth-order valence-corrected chi connectivity index (χ4v) is 1.96. The zero-order valence-electron chi connectivity index (χ0n) is 8.27. The minimum Gasteiger partial charge on any atom is -0.372 e. The maximum absolute atomic E-state index is 5.88. The molecule has 0 aromatic rings. The Balaban J connectivity index is 2.20. The molecule has 0 aromatic carbocycles. The molecule has 2 heteroatoms. The first-order chi connectivity index (χ1) is 5.49. The summed E-state index contributed by atoms with van der Waals surface area (Å²) < 4.78 is 5.88. The van der Waals surface area contributed by atoms with Crippen LogP contribution in [-0.2, 0) is 4.74 Å². The summed E-state index contributed by atoms with van der Waals surface area (Å²) >= 11 is 3.55. The van der Waals surface area contributed by atoms with E-state index in [2.05, 4.69) is 36.7 Å². The van der Waals surface area contributed by atoms with E-state index in [1.165, 1.54) is 25.7 Å². The van der Waals surface area contributed by atoms with Gasteiger partial charge in [0.25, 0.3) is 0 Å². The summed E-state index contributed by atoms with van der Waals surface area (Å²) in [6, 6.07) is 0. The molecule has 1 fully saturated rings. The second-order valence-corrected chi connectivity index (χ2v) is 5.96. The summed E-state index contributed by atoms with van der Waals surface area (Å²) in [5.41, 5.74) is 0.139. The third kappa shape index (κ3) is 3.44. The molecule has 0 aromatic heterocycles. The van der Waals surface area contributed by atoms with Crippen molar-refractivity contribution in [1.82, 2.24) is 0 Å². The van der Waals surface area contributed by atoms with E-state index < -0.39 is 0 Å². The standard InChI is InChI=1S/C10H19BrO/c1-8(11)4-5-9-6-7-10(2,3)12-9/h8-9H,4-7H2,1-3H3. The van der Waals surface area contributed by atoms with Gasteiger partial charge >= 0.3 is 0 Å². The van der Waals surface area contributed by atoms with Gasteiger partial charge in [0.05, 0.1) is 11.7 Å². The van der Waals surface area contributed by atoms with Gasteiger partial charge in [-0.1, -0.05) is 22.9 Å². The van der Waals surface area contributed by atoms with Crippen molar-refractivity contribution >= 4 is 15.9 Å². The van der Waals surface area contributed by atoms with Gasteiger partial charge in [-0.15, -0.1) is 0 Å². The quantitative estimate of drug-likeness (QED) is 0.680. The van der Waals surface area contributed by atoms with Gasteiger partial charge in [-0.2, -0.15) is 0 Å². The summed E-state index contributed by atoms with van der Waals surface area (Å²) in [7, 11) is 0. The molecule has 0 radical (unpaired) electrons. The van der Waals surface area contributed by atoms with Gasteiger partial charge < -0.3 is 4.74 Å². The number of ether oxygens (including phenoxy) is 1. The molecule has 1 aliphatic heterocycles. The van der Waals surface area contributed by atoms with Crippen LogP contribution in [-0.4, -0.2) is 16.5 Å². The Morgan fingerprint density at radius 3 is 2.67 bits per heavy atom. The van der Waals surface area contributed by atoms with E-state index in [1.807, 2.05) is 0 Å². The monoisotopic (exact) mass is 234 g/mol. The highest BCUT2D eigenvalue weighted by molar-refractivity contribution is 9.09. The van der Waals surface area contributed by atoms with Crippen molar-refractivity contribution in [1.29, 1.82) is 0 Å². The van der Waals surface area contributed by atoms with Gasteiger partial charge in [-0.25, -0.2) is 0 Å². The van der Waals surface area contributed by atoms with Crippen LogP contribution in [0.1, 0.15) is 46.5 Å². The fourth-order valence-electron chi connectivity index (χ4n) is 1.70. The normalized spacial score (nSPS) is 30.5. The molecule has 0 amide bonds. The van der Waals surface area contributed by atoms with Crippen LogP contribution in [0.5, 0.6) is 0 Å². The summed E-state index contributed by atoms with van der Waals surface area (Å²) in [5.74, 6) is 0. The van der Waals surface area contributed by atoms with E-state index in [0.29, 0.717) is 10.9 Å². The van der Waals surface area contributed by atoms with E-state index >= 15 is 0 Å². The number of halogens is 1. The molecular formula is C10H19BrO. The SMILES string of the molecule is CC(Br)CCC1CCC(C)(C)O1. The van der Waals surface area contributed by atoms with Crippen molar-refractivity contribution in [3.8, 4) is 0 Å². The molecular weight excluding hydrogens is 216 g/mol. The summed E-state index contributed by atoms with van der Waals surface area (Å²) in [4.78, 5) is 0.629. The highest BCUT2D eigenvalue weighted by Gasteiger charge is 2.31. The van der Waals surface area contributed by atoms with Crippen LogP contribution >= 0.6 is 15.9 Å². The van der Waals surface area contributed by atoms with Crippen LogP contribution < -0.4 is 0 Å². The van der Waals surface area contributed by atoms with Crippen LogP contribution in [0.3, 0.4) is 0 Å². The zero-order chi connectivity index (χ0) is 9.19. The van der Waals surface area contributed by atoms with Crippen molar-refractivity contribution in [2.45, 2.75) is 63.0 Å². The number of alkyl halides is 1. The predicted molar refractivity (Wildman–Crippen MR) is 55.8 cm³/mol. The molecule has 0 bridgehead atoms. The summed E-state index contributed by atoms with van der Waals surface area (Å²) in [6.45, 7) is 6.56. The predicted octanol–water partition coefficient (Wildman–Crippen LogP) is 3.51. The maximum atomic E-state index is 5.88. The number of rotatable bonds is 3. The molecule has 1 aliphatic rings. The van der Waals surface area contributed by atoms with E-state index in [0.717, 1.165) is 0 Å². The average Bonchev–Trinajstić information content (AvgIpc) is 2.26. The molecule has 0 spiro atoms. The van der Waals surface area contributed by atoms with Crippen molar-refractivity contribution in [2.24, 2.45) is 0 Å². The maximum Gasteiger partial charge on any atom is 0.0631 e. The van der Waals surface area contributed by atoms with Gasteiger partial charge in [-0.3, -0.25) is 0 Å². The molecule has 0 aliphatic carbocycles. The Hall–Kier alpha value is 0.440. The van der Waals surface area contributed by atoms with Gasteiger partial charge in [0, 0.05) is 4.83 Å². The first-order valence-electron chi connectivity index (χ1n) is 4.81. The Morgan fingerprint density at radius 1 is 1.58 bits per heavy atom. The third-order valence-electron chi connectivity index (χ3n) is 2.44. The van der Waals surface area contributed by atoms with Gasteiger partial charge in [0.1, 0.15) is 0 Å². The van der Waals surface area contributed by atoms with Crippen LogP contribution in [0.2, 0.25) is 0 Å². The highest BCUT2D eigenvalue weighted by Crippen LogP contribution is 2.32.